The van der Waals surface area contributed by atoms with Crippen LogP contribution in [0.3, 0.4) is 0 Å². The van der Waals surface area contributed by atoms with Gasteiger partial charge in [-0.1, -0.05) is 11.8 Å². The number of nitrogens with zero attached hydrogens (tertiary/aromatic N) is 2. The van der Waals surface area contributed by atoms with E-state index in [-0.39, 0.29) is 0 Å². The molecule has 84 valence electrons. The standard InChI is InChI=1S/C10H17N3S2/c1-8-12-10(15-13-8)14-7-3-5-9-4-2-6-11-9/h9,11H,2-7H2,1H3. The molecule has 2 heterocycles. The molecule has 5 heteroatoms. The number of hydrogen-bond donors (Lipinski definition) is 1. The Kier molecular flexibility index (Phi) is 4.41. The van der Waals surface area contributed by atoms with Crippen LogP contribution in [0, 0.1) is 6.92 Å². The molecule has 0 bridgehead atoms. The molecule has 0 aromatic carbocycles. The van der Waals surface area contributed by atoms with Gasteiger partial charge in [-0.25, -0.2) is 4.98 Å². The average Bonchev–Trinajstić information content (AvgIpc) is 2.84. The summed E-state index contributed by atoms with van der Waals surface area (Å²) in [5.41, 5.74) is 0. The Hall–Kier alpha value is -0.130. The number of aromatic nitrogens is 2. The lowest BCUT2D eigenvalue weighted by Crippen LogP contribution is -2.20. The van der Waals surface area contributed by atoms with Crippen molar-refractivity contribution in [2.24, 2.45) is 0 Å². The minimum absolute atomic E-state index is 0.779. The van der Waals surface area contributed by atoms with Gasteiger partial charge in [0.1, 0.15) is 5.82 Å². The summed E-state index contributed by atoms with van der Waals surface area (Å²) in [4.78, 5) is 4.33. The predicted molar refractivity (Wildman–Crippen MR) is 65.6 cm³/mol. The third-order valence-corrected chi connectivity index (χ3v) is 4.60. The molecule has 0 saturated carbocycles. The van der Waals surface area contributed by atoms with Crippen molar-refractivity contribution < 1.29 is 0 Å². The molecule has 2 rings (SSSR count). The second-order valence-corrected chi connectivity index (χ2v) is 5.99. The van der Waals surface area contributed by atoms with Crippen LogP contribution < -0.4 is 5.32 Å². The van der Waals surface area contributed by atoms with Crippen molar-refractivity contribution in [2.45, 2.75) is 43.0 Å². The minimum Gasteiger partial charge on any atom is -0.314 e. The Morgan fingerprint density at radius 2 is 2.53 bits per heavy atom. The molecular formula is C10H17N3S2. The quantitative estimate of drug-likeness (QED) is 0.637. The maximum absolute atomic E-state index is 4.33. The first-order valence-corrected chi connectivity index (χ1v) is 7.27. The van der Waals surface area contributed by atoms with E-state index >= 15 is 0 Å². The Morgan fingerprint density at radius 3 is 3.20 bits per heavy atom. The maximum Gasteiger partial charge on any atom is 0.170 e. The molecule has 1 aromatic heterocycles. The van der Waals surface area contributed by atoms with Crippen LogP contribution in [0.2, 0.25) is 0 Å². The second kappa shape index (κ2) is 5.82. The first kappa shape index (κ1) is 11.4. The first-order valence-electron chi connectivity index (χ1n) is 5.51. The van der Waals surface area contributed by atoms with Gasteiger partial charge in [-0.3, -0.25) is 0 Å². The zero-order valence-electron chi connectivity index (χ0n) is 9.03. The first-order chi connectivity index (χ1) is 7.34. The van der Waals surface area contributed by atoms with Gasteiger partial charge in [0, 0.05) is 11.8 Å². The Morgan fingerprint density at radius 1 is 1.60 bits per heavy atom. The SMILES string of the molecule is Cc1nsc(SCCCC2CCCN2)n1. The lowest BCUT2D eigenvalue weighted by molar-refractivity contribution is 0.553. The summed E-state index contributed by atoms with van der Waals surface area (Å²) in [7, 11) is 0. The Labute approximate surface area is 99.2 Å². The second-order valence-electron chi connectivity index (χ2n) is 3.89. The highest BCUT2D eigenvalue weighted by Crippen LogP contribution is 2.22. The minimum atomic E-state index is 0.779. The summed E-state index contributed by atoms with van der Waals surface area (Å²) in [5, 5.41) is 3.52. The summed E-state index contributed by atoms with van der Waals surface area (Å²) in [6, 6.07) is 0.779. The third-order valence-electron chi connectivity index (χ3n) is 2.59. The molecule has 0 aliphatic carbocycles. The smallest absolute Gasteiger partial charge is 0.170 e. The van der Waals surface area contributed by atoms with E-state index in [0.717, 1.165) is 16.2 Å². The molecule has 1 saturated heterocycles. The lowest BCUT2D eigenvalue weighted by Gasteiger charge is -2.08. The van der Waals surface area contributed by atoms with Gasteiger partial charge in [-0.15, -0.1) is 0 Å². The highest BCUT2D eigenvalue weighted by molar-refractivity contribution is 8.00. The summed E-state index contributed by atoms with van der Waals surface area (Å²) < 4.78 is 5.29. The lowest BCUT2D eigenvalue weighted by atomic mass is 10.1. The van der Waals surface area contributed by atoms with Gasteiger partial charge in [-0.05, 0) is 50.7 Å². The number of aryl methyl sites for hydroxylation is 1. The fourth-order valence-electron chi connectivity index (χ4n) is 1.83. The summed E-state index contributed by atoms with van der Waals surface area (Å²) in [5.74, 6) is 2.08. The van der Waals surface area contributed by atoms with Crippen molar-refractivity contribution in [1.29, 1.82) is 0 Å². The molecule has 3 nitrogen and oxygen atoms in total. The van der Waals surface area contributed by atoms with Crippen molar-refractivity contribution in [1.82, 2.24) is 14.7 Å². The highest BCUT2D eigenvalue weighted by atomic mass is 32.2. The fraction of sp³-hybridized carbons (Fsp3) is 0.800. The highest BCUT2D eigenvalue weighted by Gasteiger charge is 2.13. The van der Waals surface area contributed by atoms with Crippen molar-refractivity contribution in [3.05, 3.63) is 5.82 Å². The molecule has 1 aliphatic rings. The van der Waals surface area contributed by atoms with Gasteiger partial charge >= 0.3 is 0 Å². The maximum atomic E-state index is 4.33. The van der Waals surface area contributed by atoms with Crippen LogP contribution in [-0.2, 0) is 0 Å². The van der Waals surface area contributed by atoms with E-state index in [1.807, 2.05) is 18.7 Å². The molecule has 1 fully saturated rings. The third kappa shape index (κ3) is 3.74. The normalized spacial score (nSPS) is 21.0. The van der Waals surface area contributed by atoms with Crippen LogP contribution in [0.15, 0.2) is 4.34 Å². The molecule has 1 unspecified atom stereocenters. The fourth-order valence-corrected chi connectivity index (χ4v) is 3.51. The molecule has 1 aliphatic heterocycles. The van der Waals surface area contributed by atoms with Crippen molar-refractivity contribution in [2.75, 3.05) is 12.3 Å². The number of thioether (sulfide) groups is 1. The summed E-state index contributed by atoms with van der Waals surface area (Å²) >= 11 is 3.36. The van der Waals surface area contributed by atoms with Gasteiger partial charge in [-0.2, -0.15) is 4.37 Å². The van der Waals surface area contributed by atoms with E-state index in [4.69, 9.17) is 0 Å². The van der Waals surface area contributed by atoms with Crippen LogP contribution in [0.4, 0.5) is 0 Å². The number of hydrogen-bond acceptors (Lipinski definition) is 5. The summed E-state index contributed by atoms with van der Waals surface area (Å²) in [6.45, 7) is 3.16. The monoisotopic (exact) mass is 243 g/mol. The number of rotatable bonds is 5. The van der Waals surface area contributed by atoms with Gasteiger partial charge in [0.15, 0.2) is 4.34 Å². The average molecular weight is 243 g/mol. The topological polar surface area (TPSA) is 37.8 Å². The molecule has 1 atom stereocenters. The van der Waals surface area contributed by atoms with Crippen LogP contribution in [0.5, 0.6) is 0 Å². The van der Waals surface area contributed by atoms with E-state index in [0.29, 0.717) is 0 Å². The van der Waals surface area contributed by atoms with Crippen LogP contribution >= 0.6 is 23.3 Å². The Balaban J connectivity index is 1.58. The molecule has 1 aromatic rings. The molecular weight excluding hydrogens is 226 g/mol. The molecule has 0 radical (unpaired) electrons. The van der Waals surface area contributed by atoms with E-state index in [1.54, 1.807) is 0 Å². The zero-order valence-corrected chi connectivity index (χ0v) is 10.7. The predicted octanol–water partition coefficient (Wildman–Crippen LogP) is 2.47. The molecule has 1 N–H and O–H groups in total. The van der Waals surface area contributed by atoms with E-state index < -0.39 is 0 Å². The molecule has 15 heavy (non-hydrogen) atoms. The van der Waals surface area contributed by atoms with Crippen molar-refractivity contribution in [3.8, 4) is 0 Å². The zero-order chi connectivity index (χ0) is 10.5. The van der Waals surface area contributed by atoms with Gasteiger partial charge in [0.2, 0.25) is 0 Å². The van der Waals surface area contributed by atoms with Crippen LogP contribution in [0.1, 0.15) is 31.5 Å². The Bertz CT molecular complexity index is 295. The van der Waals surface area contributed by atoms with Gasteiger partial charge < -0.3 is 5.32 Å². The van der Waals surface area contributed by atoms with E-state index in [9.17, 15) is 0 Å². The summed E-state index contributed by atoms with van der Waals surface area (Å²) in [6.07, 6.45) is 5.31. The van der Waals surface area contributed by atoms with E-state index in [2.05, 4.69) is 14.7 Å². The van der Waals surface area contributed by atoms with Gasteiger partial charge in [0.25, 0.3) is 0 Å². The van der Waals surface area contributed by atoms with Crippen LogP contribution in [0.25, 0.3) is 0 Å². The molecule has 0 amide bonds. The van der Waals surface area contributed by atoms with E-state index in [1.165, 1.54) is 49.5 Å². The van der Waals surface area contributed by atoms with Crippen molar-refractivity contribution >= 4 is 23.3 Å². The number of nitrogens with one attached hydrogen (secondary N) is 1. The van der Waals surface area contributed by atoms with Crippen LogP contribution in [-0.4, -0.2) is 27.7 Å². The largest absolute Gasteiger partial charge is 0.314 e. The van der Waals surface area contributed by atoms with Gasteiger partial charge in [0.05, 0.1) is 0 Å². The van der Waals surface area contributed by atoms with Crippen molar-refractivity contribution in [3.63, 3.8) is 0 Å². The molecule has 0 spiro atoms.